The summed E-state index contributed by atoms with van der Waals surface area (Å²) in [7, 11) is -1.91. The summed E-state index contributed by atoms with van der Waals surface area (Å²) in [5, 5.41) is 0. The van der Waals surface area contributed by atoms with Crippen molar-refractivity contribution >= 4 is 8.03 Å². The molecule has 0 aromatic heterocycles. The Balaban J connectivity index is -0.000000125. The fraction of sp³-hybridized carbons (Fsp3) is 1.00. The molecule has 0 aromatic carbocycles. The van der Waals surface area contributed by atoms with Crippen LogP contribution in [0.2, 0.25) is 0 Å². The second-order valence-electron chi connectivity index (χ2n) is 1.40. The van der Waals surface area contributed by atoms with Gasteiger partial charge in [-0.15, -0.1) is 0 Å². The van der Waals surface area contributed by atoms with Crippen LogP contribution in [0.15, 0.2) is 0 Å². The molecule has 0 fully saturated rings. The van der Waals surface area contributed by atoms with Gasteiger partial charge in [0.05, 0.1) is 0 Å². The molecule has 0 aromatic rings. The molecule has 8 heavy (non-hydrogen) atoms. The van der Waals surface area contributed by atoms with Crippen molar-refractivity contribution in [1.29, 1.82) is 0 Å². The van der Waals surface area contributed by atoms with Gasteiger partial charge in [-0.3, -0.25) is 0 Å². The predicted octanol–water partition coefficient (Wildman–Crippen LogP) is 0.302. The smallest absolute Gasteiger partial charge is 0.412 e. The minimum absolute atomic E-state index is 0. The molecule has 0 heterocycles. The zero-order valence-electron chi connectivity index (χ0n) is 4.88. The second-order valence-corrected chi connectivity index (χ2v) is 3.03. The molecule has 1 unspecified atom stereocenters. The van der Waals surface area contributed by atoms with E-state index in [1.807, 2.05) is 0 Å². The summed E-state index contributed by atoms with van der Waals surface area (Å²) in [5.74, 6) is 0. The van der Waals surface area contributed by atoms with E-state index in [1.54, 1.807) is 13.8 Å². The summed E-state index contributed by atoms with van der Waals surface area (Å²) in [4.78, 5) is 8.14. The Morgan fingerprint density at radius 1 is 1.50 bits per heavy atom. The monoisotopic (exact) mass is 173 g/mol. The standard InChI is InChI=1S/C3H7O2P.H2O.Ti/c1-3(2)6(4)5;;/h3H,1-2H3;1H2;/p+1. The normalized spacial score (nSPS) is 9.25. The summed E-state index contributed by atoms with van der Waals surface area (Å²) in [6, 6.07) is 0. The van der Waals surface area contributed by atoms with Crippen molar-refractivity contribution in [3.05, 3.63) is 0 Å². The fourth-order valence-electron chi connectivity index (χ4n) is 0. The Bertz CT molecular complexity index is 65.5. The van der Waals surface area contributed by atoms with Crippen molar-refractivity contribution in [2.75, 3.05) is 0 Å². The molecule has 0 amide bonds. The van der Waals surface area contributed by atoms with Crippen LogP contribution in [0.25, 0.3) is 0 Å². The predicted molar refractivity (Wildman–Crippen MR) is 28.6 cm³/mol. The quantitative estimate of drug-likeness (QED) is 0.457. The molecule has 0 saturated carbocycles. The van der Waals surface area contributed by atoms with Crippen molar-refractivity contribution in [3.63, 3.8) is 0 Å². The molecule has 0 saturated heterocycles. The first-order valence-electron chi connectivity index (χ1n) is 1.80. The zero-order valence-corrected chi connectivity index (χ0v) is 7.34. The molecule has 0 rings (SSSR count). The van der Waals surface area contributed by atoms with E-state index in [9.17, 15) is 4.57 Å². The van der Waals surface area contributed by atoms with E-state index in [1.165, 1.54) is 0 Å². The van der Waals surface area contributed by atoms with Gasteiger partial charge in [0.2, 0.25) is 0 Å². The van der Waals surface area contributed by atoms with E-state index in [0.717, 1.165) is 0 Å². The molecule has 1 atom stereocenters. The average molecular weight is 173 g/mol. The van der Waals surface area contributed by atoms with Gasteiger partial charge in [0.15, 0.2) is 5.66 Å². The molecule has 48 valence electrons. The van der Waals surface area contributed by atoms with Gasteiger partial charge in [-0.1, -0.05) is 0 Å². The van der Waals surface area contributed by atoms with Crippen molar-refractivity contribution in [2.24, 2.45) is 0 Å². The average Bonchev–Trinajstić information content (AvgIpc) is 1.36. The van der Waals surface area contributed by atoms with Crippen molar-refractivity contribution < 1.29 is 36.7 Å². The van der Waals surface area contributed by atoms with Gasteiger partial charge in [-0.25, -0.2) is 0 Å². The Labute approximate surface area is 64.5 Å². The van der Waals surface area contributed by atoms with Crippen molar-refractivity contribution in [2.45, 2.75) is 19.5 Å². The summed E-state index contributed by atoms with van der Waals surface area (Å²) in [6.07, 6.45) is 0. The van der Waals surface area contributed by atoms with Crippen LogP contribution >= 0.6 is 8.03 Å². The van der Waals surface area contributed by atoms with Gasteiger partial charge >= 0.3 is 8.03 Å². The maximum absolute atomic E-state index is 9.85. The minimum Gasteiger partial charge on any atom is -0.412 e. The van der Waals surface area contributed by atoms with Crippen molar-refractivity contribution in [3.8, 4) is 0 Å². The van der Waals surface area contributed by atoms with Crippen molar-refractivity contribution in [1.82, 2.24) is 0 Å². The Morgan fingerprint density at radius 3 is 1.62 bits per heavy atom. The topological polar surface area (TPSA) is 68.8 Å². The van der Waals surface area contributed by atoms with E-state index in [0.29, 0.717) is 0 Å². The first kappa shape index (κ1) is 15.9. The summed E-state index contributed by atoms with van der Waals surface area (Å²) in [6.45, 7) is 3.41. The Hall–Kier alpha value is 0.734. The van der Waals surface area contributed by atoms with E-state index < -0.39 is 8.03 Å². The fourth-order valence-corrected chi connectivity index (χ4v) is 0. The van der Waals surface area contributed by atoms with Crippen LogP contribution in [0.3, 0.4) is 0 Å². The van der Waals surface area contributed by atoms with Gasteiger partial charge in [0.1, 0.15) is 0 Å². The van der Waals surface area contributed by atoms with Gasteiger partial charge in [-0.2, -0.15) is 4.89 Å². The maximum Gasteiger partial charge on any atom is 0.508 e. The number of rotatable bonds is 1. The maximum atomic E-state index is 9.85. The summed E-state index contributed by atoms with van der Waals surface area (Å²) in [5.41, 5.74) is -0.0833. The van der Waals surface area contributed by atoms with Gasteiger partial charge in [0, 0.05) is 21.7 Å². The zero-order chi connectivity index (χ0) is 5.15. The molecule has 0 aliphatic carbocycles. The third kappa shape index (κ3) is 9.88. The molecule has 0 aliphatic rings. The van der Waals surface area contributed by atoms with E-state index in [2.05, 4.69) is 0 Å². The third-order valence-corrected chi connectivity index (χ3v) is 1.33. The van der Waals surface area contributed by atoms with Crippen LogP contribution in [0, 0.1) is 0 Å². The third-order valence-electron chi connectivity index (χ3n) is 0.442. The second kappa shape index (κ2) is 7.73. The van der Waals surface area contributed by atoms with Gasteiger partial charge in [-0.05, 0) is 18.4 Å². The Kier molecular flexibility index (Phi) is 15.4. The molecular formula is C3H10O3PTi+. The molecule has 3 nitrogen and oxygen atoms in total. The van der Waals surface area contributed by atoms with E-state index in [-0.39, 0.29) is 32.9 Å². The molecule has 0 aliphatic heterocycles. The first-order valence-corrected chi connectivity index (χ1v) is 3.08. The molecule has 0 spiro atoms. The molecule has 0 radical (unpaired) electrons. The van der Waals surface area contributed by atoms with Crippen LogP contribution in [-0.4, -0.2) is 16.0 Å². The molecule has 0 bridgehead atoms. The molecule has 3 N–H and O–H groups in total. The summed E-state index contributed by atoms with van der Waals surface area (Å²) < 4.78 is 9.85. The van der Waals surface area contributed by atoms with Crippen LogP contribution in [0.1, 0.15) is 13.8 Å². The minimum atomic E-state index is -1.91. The largest absolute Gasteiger partial charge is 0.508 e. The van der Waals surface area contributed by atoms with Gasteiger partial charge < -0.3 is 5.48 Å². The molecule has 5 heteroatoms. The van der Waals surface area contributed by atoms with Crippen LogP contribution in [-0.2, 0) is 26.3 Å². The molecular weight excluding hydrogens is 163 g/mol. The SMILES string of the molecule is CC(C)[P+](=O)O.O.[Ti]. The van der Waals surface area contributed by atoms with E-state index >= 15 is 0 Å². The number of hydrogen-bond acceptors (Lipinski definition) is 1. The van der Waals surface area contributed by atoms with Crippen LogP contribution in [0.5, 0.6) is 0 Å². The van der Waals surface area contributed by atoms with E-state index in [4.69, 9.17) is 4.89 Å². The van der Waals surface area contributed by atoms with Crippen LogP contribution in [0.4, 0.5) is 0 Å². The first-order chi connectivity index (χ1) is 2.64. The number of hydrogen-bond donors (Lipinski definition) is 1. The summed E-state index contributed by atoms with van der Waals surface area (Å²) >= 11 is 0. The van der Waals surface area contributed by atoms with Crippen LogP contribution < -0.4 is 0 Å². The van der Waals surface area contributed by atoms with Gasteiger partial charge in [0.25, 0.3) is 0 Å². The Morgan fingerprint density at radius 2 is 1.62 bits per heavy atom.